The fraction of sp³-hybridized carbons (Fsp3) is 0.417. The Morgan fingerprint density at radius 1 is 0.969 bits per heavy atom. The molecule has 0 spiro atoms. The van der Waals surface area contributed by atoms with E-state index in [4.69, 9.17) is 4.98 Å². The van der Waals surface area contributed by atoms with Gasteiger partial charge in [0, 0.05) is 49.8 Å². The number of nitrogens with one attached hydrogen (secondary N) is 2. The van der Waals surface area contributed by atoms with Gasteiger partial charge < -0.3 is 15.5 Å². The lowest BCUT2D eigenvalue weighted by molar-refractivity contribution is 0.322. The van der Waals surface area contributed by atoms with Crippen molar-refractivity contribution in [3.05, 3.63) is 59.4 Å². The number of nitrogens with zero attached hydrogens (tertiary/aromatic N) is 3. The van der Waals surface area contributed by atoms with Gasteiger partial charge in [-0.1, -0.05) is 12.1 Å². The van der Waals surface area contributed by atoms with Crippen LogP contribution >= 0.6 is 0 Å². The molecule has 4 rings (SSSR count). The molecule has 1 saturated carbocycles. The molecular weight excluding hydrogens is 415 g/mol. The predicted molar refractivity (Wildman–Crippen MR) is 121 cm³/mol. The lowest BCUT2D eigenvalue weighted by atomic mass is 9.86. The summed E-state index contributed by atoms with van der Waals surface area (Å²) in [7, 11) is 3.95. The number of para-hydroxylation sites is 1. The van der Waals surface area contributed by atoms with Crippen LogP contribution in [0.5, 0.6) is 0 Å². The van der Waals surface area contributed by atoms with Crippen molar-refractivity contribution in [2.24, 2.45) is 5.92 Å². The van der Waals surface area contributed by atoms with E-state index in [2.05, 4.69) is 15.6 Å². The Bertz CT molecular complexity index is 1060. The zero-order chi connectivity index (χ0) is 22.7. The highest BCUT2D eigenvalue weighted by Gasteiger charge is 2.22. The van der Waals surface area contributed by atoms with Crippen molar-refractivity contribution in [2.45, 2.75) is 38.3 Å². The number of hydrogen-bond acceptors (Lipinski definition) is 5. The van der Waals surface area contributed by atoms with E-state index in [1.807, 2.05) is 43.3 Å². The van der Waals surface area contributed by atoms with Crippen molar-refractivity contribution in [1.82, 2.24) is 15.3 Å². The summed E-state index contributed by atoms with van der Waals surface area (Å²) in [6, 6.07) is 9.69. The Balaban J connectivity index is 1.30. The second-order valence-electron chi connectivity index (χ2n) is 8.62. The summed E-state index contributed by atoms with van der Waals surface area (Å²) in [5, 5.41) is 7.63. The van der Waals surface area contributed by atoms with E-state index >= 15 is 0 Å². The van der Waals surface area contributed by atoms with Gasteiger partial charge in [0.2, 0.25) is 5.95 Å². The quantitative estimate of drug-likeness (QED) is 0.546. The maximum absolute atomic E-state index is 13.8. The molecule has 5 nitrogen and oxygen atoms in total. The largest absolute Gasteiger partial charge is 0.362 e. The molecule has 0 aliphatic heterocycles. The summed E-state index contributed by atoms with van der Waals surface area (Å²) in [5.41, 5.74) is 0.791. The van der Waals surface area contributed by atoms with E-state index in [1.165, 1.54) is 0 Å². The van der Waals surface area contributed by atoms with Crippen LogP contribution in [0.2, 0.25) is 0 Å². The number of anilines is 2. The first-order valence-electron chi connectivity index (χ1n) is 11.0. The molecule has 1 fully saturated rings. The number of benzene rings is 2. The van der Waals surface area contributed by atoms with Crippen molar-refractivity contribution in [3.63, 3.8) is 0 Å². The molecule has 3 aromatic rings. The van der Waals surface area contributed by atoms with E-state index in [0.717, 1.165) is 42.4 Å². The fourth-order valence-corrected chi connectivity index (χ4v) is 4.30. The lowest BCUT2D eigenvalue weighted by Crippen LogP contribution is -2.32. The summed E-state index contributed by atoms with van der Waals surface area (Å²) in [6.07, 6.45) is 3.93. The first-order chi connectivity index (χ1) is 15.4. The normalized spacial score (nSPS) is 18.7. The van der Waals surface area contributed by atoms with Crippen molar-refractivity contribution in [2.75, 3.05) is 30.9 Å². The molecule has 1 heterocycles. The average Bonchev–Trinajstić information content (AvgIpc) is 2.76. The third-order valence-corrected chi connectivity index (χ3v) is 6.03. The smallest absolute Gasteiger partial charge is 0.225 e. The second-order valence-corrected chi connectivity index (χ2v) is 8.62. The molecule has 1 aliphatic rings. The minimum Gasteiger partial charge on any atom is -0.362 e. The zero-order valence-electron chi connectivity index (χ0n) is 18.3. The van der Waals surface area contributed by atoms with E-state index in [9.17, 15) is 13.2 Å². The number of fused-ring (bicyclic) bond motifs is 1. The maximum Gasteiger partial charge on any atom is 0.225 e. The van der Waals surface area contributed by atoms with Crippen molar-refractivity contribution in [1.29, 1.82) is 0 Å². The van der Waals surface area contributed by atoms with Crippen LogP contribution in [0, 0.1) is 23.4 Å². The second kappa shape index (κ2) is 9.73. The van der Waals surface area contributed by atoms with Crippen LogP contribution in [0.1, 0.15) is 31.2 Å². The number of halogens is 3. The molecule has 0 saturated heterocycles. The van der Waals surface area contributed by atoms with Crippen molar-refractivity contribution >= 4 is 22.7 Å². The topological polar surface area (TPSA) is 53.1 Å². The Morgan fingerprint density at radius 3 is 2.34 bits per heavy atom. The molecular formula is C24H28F3N5. The summed E-state index contributed by atoms with van der Waals surface area (Å²) in [6.45, 7) is 0.717. The van der Waals surface area contributed by atoms with Crippen LogP contribution in [-0.2, 0) is 6.54 Å². The van der Waals surface area contributed by atoms with Crippen LogP contribution in [0.3, 0.4) is 0 Å². The molecule has 32 heavy (non-hydrogen) atoms. The summed E-state index contributed by atoms with van der Waals surface area (Å²) < 4.78 is 40.6. The monoisotopic (exact) mass is 443 g/mol. The molecule has 0 amide bonds. The van der Waals surface area contributed by atoms with Gasteiger partial charge >= 0.3 is 0 Å². The van der Waals surface area contributed by atoms with Crippen LogP contribution < -0.4 is 15.5 Å². The Morgan fingerprint density at radius 2 is 1.66 bits per heavy atom. The molecule has 0 bridgehead atoms. The third-order valence-electron chi connectivity index (χ3n) is 6.03. The minimum absolute atomic E-state index is 0.0500. The average molecular weight is 444 g/mol. The van der Waals surface area contributed by atoms with Gasteiger partial charge in [0.1, 0.15) is 23.3 Å². The minimum atomic E-state index is -0.900. The molecule has 2 N–H and O–H groups in total. The molecule has 170 valence electrons. The van der Waals surface area contributed by atoms with E-state index < -0.39 is 17.5 Å². The molecule has 8 heteroatoms. The van der Waals surface area contributed by atoms with Gasteiger partial charge in [-0.25, -0.2) is 18.2 Å². The third kappa shape index (κ3) is 5.12. The maximum atomic E-state index is 13.8. The molecule has 1 aromatic heterocycles. The fourth-order valence-electron chi connectivity index (χ4n) is 4.30. The van der Waals surface area contributed by atoms with Gasteiger partial charge in [-0.3, -0.25) is 0 Å². The summed E-state index contributed by atoms with van der Waals surface area (Å²) >= 11 is 0. The van der Waals surface area contributed by atoms with E-state index in [-0.39, 0.29) is 18.2 Å². The molecule has 0 unspecified atom stereocenters. The molecule has 0 atom stereocenters. The zero-order valence-corrected chi connectivity index (χ0v) is 18.3. The first-order valence-corrected chi connectivity index (χ1v) is 11.0. The summed E-state index contributed by atoms with van der Waals surface area (Å²) in [4.78, 5) is 11.4. The van der Waals surface area contributed by atoms with Gasteiger partial charge in [0.25, 0.3) is 0 Å². The summed E-state index contributed by atoms with van der Waals surface area (Å²) in [5.74, 6) is -0.657. The van der Waals surface area contributed by atoms with Gasteiger partial charge in [-0.2, -0.15) is 4.98 Å². The van der Waals surface area contributed by atoms with Crippen molar-refractivity contribution in [3.8, 4) is 0 Å². The van der Waals surface area contributed by atoms with Crippen LogP contribution in [0.15, 0.2) is 36.4 Å². The van der Waals surface area contributed by atoms with E-state index in [0.29, 0.717) is 30.5 Å². The Kier molecular flexibility index (Phi) is 6.79. The highest BCUT2D eigenvalue weighted by Crippen LogP contribution is 2.28. The highest BCUT2D eigenvalue weighted by molar-refractivity contribution is 5.90. The molecule has 1 aliphatic carbocycles. The SMILES string of the molecule is CN(C)c1nc(NC2CCC(CNCc3c(F)cc(F)cc3F)CC2)nc2ccccc12. The van der Waals surface area contributed by atoms with Gasteiger partial charge in [-0.15, -0.1) is 0 Å². The Hall–Kier alpha value is -2.87. The predicted octanol–water partition coefficient (Wildman–Crippen LogP) is 4.87. The number of hydrogen-bond donors (Lipinski definition) is 2. The Labute approximate surface area is 186 Å². The number of aromatic nitrogens is 2. The van der Waals surface area contributed by atoms with Gasteiger partial charge in [0.15, 0.2) is 0 Å². The first kappa shape index (κ1) is 22.3. The van der Waals surface area contributed by atoms with Crippen LogP contribution in [0.25, 0.3) is 10.9 Å². The van der Waals surface area contributed by atoms with E-state index in [1.54, 1.807) is 0 Å². The van der Waals surface area contributed by atoms with Crippen LogP contribution in [0.4, 0.5) is 24.9 Å². The number of rotatable bonds is 7. The highest BCUT2D eigenvalue weighted by atomic mass is 19.1. The lowest BCUT2D eigenvalue weighted by Gasteiger charge is -2.29. The van der Waals surface area contributed by atoms with Crippen LogP contribution in [-0.4, -0.2) is 36.6 Å². The van der Waals surface area contributed by atoms with Gasteiger partial charge in [0.05, 0.1) is 5.52 Å². The van der Waals surface area contributed by atoms with Crippen molar-refractivity contribution < 1.29 is 13.2 Å². The molecule has 2 aromatic carbocycles. The van der Waals surface area contributed by atoms with Gasteiger partial charge in [-0.05, 0) is 50.3 Å². The standard InChI is InChI=1S/C24H28F3N5/c1-32(2)23-18-5-3-4-6-22(18)30-24(31-23)29-17-9-7-15(8-10-17)13-28-14-19-20(26)11-16(25)12-21(19)27/h3-6,11-12,15,17,28H,7-10,13-14H2,1-2H3,(H,29,30,31). The molecule has 0 radical (unpaired) electrons.